The van der Waals surface area contributed by atoms with E-state index in [1.54, 1.807) is 6.08 Å². The topological polar surface area (TPSA) is 49.3 Å². The van der Waals surface area contributed by atoms with Crippen LogP contribution >= 0.6 is 11.8 Å². The average molecular weight is 229 g/mol. The van der Waals surface area contributed by atoms with Gasteiger partial charge in [0.2, 0.25) is 0 Å². The van der Waals surface area contributed by atoms with E-state index in [1.165, 1.54) is 12.8 Å². The number of rotatable bonds is 7. The fourth-order valence-electron chi connectivity index (χ4n) is 1.47. The first-order valence-corrected chi connectivity index (χ1v) is 6.54. The molecule has 1 fully saturated rings. The van der Waals surface area contributed by atoms with Crippen LogP contribution in [0, 0.1) is 0 Å². The molecule has 1 saturated carbocycles. The van der Waals surface area contributed by atoms with Crippen molar-refractivity contribution in [2.45, 2.75) is 30.9 Å². The number of carbonyl (C=O) groups is 1. The van der Waals surface area contributed by atoms with E-state index >= 15 is 0 Å². The molecule has 0 aromatic heterocycles. The molecule has 2 N–H and O–H groups in total. The smallest absolute Gasteiger partial charge is 0.331 e. The van der Waals surface area contributed by atoms with E-state index in [0.717, 1.165) is 6.54 Å². The highest BCUT2D eigenvalue weighted by Gasteiger charge is 2.41. The average Bonchev–Trinajstić information content (AvgIpc) is 2.98. The van der Waals surface area contributed by atoms with Gasteiger partial charge in [-0.1, -0.05) is 13.0 Å². The Morgan fingerprint density at radius 2 is 2.27 bits per heavy atom. The number of aliphatic carboxylic acids is 1. The third-order valence-corrected chi connectivity index (χ3v) is 4.25. The molecular formula is C11H19NO2S. The Labute approximate surface area is 95.3 Å². The van der Waals surface area contributed by atoms with E-state index in [4.69, 9.17) is 5.11 Å². The minimum Gasteiger partial charge on any atom is -0.478 e. The lowest BCUT2D eigenvalue weighted by atomic mass is 10.2. The lowest BCUT2D eigenvalue weighted by molar-refractivity contribution is -0.132. The largest absolute Gasteiger partial charge is 0.478 e. The van der Waals surface area contributed by atoms with Crippen LogP contribution in [0.3, 0.4) is 0 Å². The summed E-state index contributed by atoms with van der Waals surface area (Å²) >= 11 is 1.91. The Morgan fingerprint density at radius 1 is 1.60 bits per heavy atom. The van der Waals surface area contributed by atoms with E-state index < -0.39 is 5.97 Å². The molecule has 0 amide bonds. The Bertz CT molecular complexity index is 259. The van der Waals surface area contributed by atoms with Crippen LogP contribution in [0.2, 0.25) is 0 Å². The minimum absolute atomic E-state index is 0.448. The standard InChI is InChI=1S/C11H19NO2S/c1-3-9(10(13)14)4-7-12-8-11(15-2)5-6-11/h4,12H,3,5-8H2,1-2H3,(H,13,14). The van der Waals surface area contributed by atoms with Gasteiger partial charge in [0.05, 0.1) is 0 Å². The summed E-state index contributed by atoms with van der Waals surface area (Å²) in [6.07, 6.45) is 7.07. The van der Waals surface area contributed by atoms with Crippen LogP contribution in [-0.4, -0.2) is 35.2 Å². The Hall–Kier alpha value is -0.480. The first-order valence-electron chi connectivity index (χ1n) is 5.32. The molecule has 0 aromatic rings. The predicted molar refractivity (Wildman–Crippen MR) is 64.4 cm³/mol. The third-order valence-electron chi connectivity index (χ3n) is 2.84. The number of carboxylic acid groups (broad SMARTS) is 1. The number of hydrogen-bond acceptors (Lipinski definition) is 3. The fraction of sp³-hybridized carbons (Fsp3) is 0.727. The van der Waals surface area contributed by atoms with E-state index in [0.29, 0.717) is 23.3 Å². The van der Waals surface area contributed by atoms with Crippen molar-refractivity contribution in [2.24, 2.45) is 0 Å². The van der Waals surface area contributed by atoms with Crippen LogP contribution in [0.1, 0.15) is 26.2 Å². The van der Waals surface area contributed by atoms with Crippen molar-refractivity contribution in [1.82, 2.24) is 5.32 Å². The molecule has 1 rings (SSSR count). The number of nitrogens with one attached hydrogen (secondary N) is 1. The molecule has 3 nitrogen and oxygen atoms in total. The zero-order chi connectivity index (χ0) is 11.3. The number of carboxylic acids is 1. The van der Waals surface area contributed by atoms with Gasteiger partial charge in [-0.25, -0.2) is 4.79 Å². The lowest BCUT2D eigenvalue weighted by Gasteiger charge is -2.11. The maximum atomic E-state index is 10.7. The van der Waals surface area contributed by atoms with Crippen LogP contribution in [0.5, 0.6) is 0 Å². The Kier molecular flexibility index (Phi) is 4.67. The molecule has 0 aliphatic heterocycles. The summed E-state index contributed by atoms with van der Waals surface area (Å²) in [6.45, 7) is 3.52. The van der Waals surface area contributed by atoms with Crippen LogP contribution in [0.25, 0.3) is 0 Å². The second-order valence-corrected chi connectivity index (χ2v) is 5.18. The molecule has 0 spiro atoms. The maximum absolute atomic E-state index is 10.7. The molecule has 1 aliphatic rings. The summed E-state index contributed by atoms with van der Waals surface area (Å²) in [5.41, 5.74) is 0.497. The SMILES string of the molecule is CCC(=CCNCC1(SC)CC1)C(=O)O. The molecular weight excluding hydrogens is 210 g/mol. The monoisotopic (exact) mass is 229 g/mol. The summed E-state index contributed by atoms with van der Waals surface area (Å²) in [4.78, 5) is 10.7. The molecule has 0 bridgehead atoms. The van der Waals surface area contributed by atoms with Crippen molar-refractivity contribution in [3.05, 3.63) is 11.6 Å². The van der Waals surface area contributed by atoms with Crippen molar-refractivity contribution in [2.75, 3.05) is 19.3 Å². The predicted octanol–water partition coefficient (Wildman–Crippen LogP) is 1.89. The zero-order valence-electron chi connectivity index (χ0n) is 9.38. The van der Waals surface area contributed by atoms with Gasteiger partial charge >= 0.3 is 5.97 Å². The Balaban J connectivity index is 2.23. The van der Waals surface area contributed by atoms with E-state index in [9.17, 15) is 4.79 Å². The zero-order valence-corrected chi connectivity index (χ0v) is 10.2. The molecule has 0 unspecified atom stereocenters. The van der Waals surface area contributed by atoms with Gasteiger partial charge in [-0.15, -0.1) is 0 Å². The summed E-state index contributed by atoms with van der Waals surface area (Å²) in [7, 11) is 0. The van der Waals surface area contributed by atoms with Crippen molar-refractivity contribution >= 4 is 17.7 Å². The first kappa shape index (κ1) is 12.6. The highest BCUT2D eigenvalue weighted by Crippen LogP contribution is 2.46. The molecule has 0 atom stereocenters. The summed E-state index contributed by atoms with van der Waals surface area (Å²) in [5.74, 6) is -0.801. The molecule has 0 heterocycles. The highest BCUT2D eigenvalue weighted by molar-refractivity contribution is 8.00. The number of hydrogen-bond donors (Lipinski definition) is 2. The van der Waals surface area contributed by atoms with Crippen molar-refractivity contribution in [3.63, 3.8) is 0 Å². The quantitative estimate of drug-likeness (QED) is 0.517. The maximum Gasteiger partial charge on any atom is 0.331 e. The second-order valence-electron chi connectivity index (χ2n) is 3.91. The third kappa shape index (κ3) is 3.87. The van der Waals surface area contributed by atoms with Gasteiger partial charge in [0.1, 0.15) is 0 Å². The van der Waals surface area contributed by atoms with Crippen molar-refractivity contribution in [3.8, 4) is 0 Å². The molecule has 15 heavy (non-hydrogen) atoms. The van der Waals surface area contributed by atoms with E-state index in [2.05, 4.69) is 11.6 Å². The molecule has 1 aliphatic carbocycles. The normalized spacial score (nSPS) is 18.9. The van der Waals surface area contributed by atoms with E-state index in [-0.39, 0.29) is 0 Å². The summed E-state index contributed by atoms with van der Waals surface area (Å²) < 4.78 is 0.448. The van der Waals surface area contributed by atoms with Gasteiger partial charge in [-0.2, -0.15) is 11.8 Å². The lowest BCUT2D eigenvalue weighted by Crippen LogP contribution is -2.26. The second kappa shape index (κ2) is 5.56. The fourth-order valence-corrected chi connectivity index (χ4v) is 2.23. The molecule has 0 radical (unpaired) electrons. The van der Waals surface area contributed by atoms with Crippen LogP contribution < -0.4 is 5.32 Å². The van der Waals surface area contributed by atoms with Gasteiger partial charge in [0, 0.05) is 23.4 Å². The molecule has 4 heteroatoms. The van der Waals surface area contributed by atoms with Gasteiger partial charge in [0.15, 0.2) is 0 Å². The summed E-state index contributed by atoms with van der Waals surface area (Å²) in [6, 6.07) is 0. The number of thioether (sulfide) groups is 1. The van der Waals surface area contributed by atoms with Crippen molar-refractivity contribution in [1.29, 1.82) is 0 Å². The van der Waals surface area contributed by atoms with Crippen LogP contribution in [-0.2, 0) is 4.79 Å². The van der Waals surface area contributed by atoms with Gasteiger partial charge in [-0.05, 0) is 25.5 Å². The van der Waals surface area contributed by atoms with Crippen molar-refractivity contribution < 1.29 is 9.90 Å². The van der Waals surface area contributed by atoms with Gasteiger partial charge in [-0.3, -0.25) is 0 Å². The first-order chi connectivity index (χ1) is 7.13. The molecule has 0 aromatic carbocycles. The molecule has 0 saturated heterocycles. The van der Waals surface area contributed by atoms with Gasteiger partial charge < -0.3 is 10.4 Å². The Morgan fingerprint density at radius 3 is 2.67 bits per heavy atom. The van der Waals surface area contributed by atoms with E-state index in [1.807, 2.05) is 18.7 Å². The van der Waals surface area contributed by atoms with Crippen LogP contribution in [0.15, 0.2) is 11.6 Å². The molecule has 86 valence electrons. The van der Waals surface area contributed by atoms with Crippen LogP contribution in [0.4, 0.5) is 0 Å². The minimum atomic E-state index is -0.801. The summed E-state index contributed by atoms with van der Waals surface area (Å²) in [5, 5.41) is 12.1. The van der Waals surface area contributed by atoms with Gasteiger partial charge in [0.25, 0.3) is 0 Å². The highest BCUT2D eigenvalue weighted by atomic mass is 32.2.